The number of carbonyl (C=O) groups is 1. The summed E-state index contributed by atoms with van der Waals surface area (Å²) in [6, 6.07) is 11.6. The molecule has 0 aliphatic carbocycles. The molecule has 1 saturated heterocycles. The van der Waals surface area contributed by atoms with E-state index in [0.717, 1.165) is 24.1 Å². The molecule has 2 aromatic carbocycles. The van der Waals surface area contributed by atoms with Crippen molar-refractivity contribution < 1.29 is 19.0 Å². The fourth-order valence-electron chi connectivity index (χ4n) is 3.17. The van der Waals surface area contributed by atoms with Gasteiger partial charge in [-0.05, 0) is 61.0 Å². The zero-order valence-corrected chi connectivity index (χ0v) is 19.4. The Morgan fingerprint density at radius 3 is 2.23 bits per heavy atom. The van der Waals surface area contributed by atoms with Crippen molar-refractivity contribution in [1.82, 2.24) is 4.90 Å². The molecule has 1 heterocycles. The number of rotatable bonds is 8. The number of methoxy groups -OCH3 is 3. The Morgan fingerprint density at radius 2 is 1.68 bits per heavy atom. The molecule has 7 heteroatoms. The van der Waals surface area contributed by atoms with Gasteiger partial charge in [0.15, 0.2) is 16.7 Å². The molecule has 1 aliphatic rings. The number of hydrogen-bond donors (Lipinski definition) is 0. The van der Waals surface area contributed by atoms with E-state index in [1.807, 2.05) is 49.4 Å². The number of unbranched alkanes of at least 4 members (excludes halogenated alkanes) is 1. The number of hydrogen-bond acceptors (Lipinski definition) is 6. The average molecular weight is 441 g/mol. The second kappa shape index (κ2) is 10.4. The summed E-state index contributed by atoms with van der Waals surface area (Å²) in [5.74, 6) is 1.56. The first-order chi connectivity index (χ1) is 15.0. The Bertz CT molecular complexity index is 974. The van der Waals surface area contributed by atoms with Gasteiger partial charge in [0.1, 0.15) is 0 Å². The highest BCUT2D eigenvalue weighted by Crippen LogP contribution is 2.40. The molecule has 0 spiro atoms. The fraction of sp³-hybridized carbons (Fsp3) is 0.333. The van der Waals surface area contributed by atoms with Crippen molar-refractivity contribution in [3.63, 3.8) is 0 Å². The lowest BCUT2D eigenvalue weighted by Crippen LogP contribution is -2.30. The average Bonchev–Trinajstić information content (AvgIpc) is 3.06. The Kier molecular flexibility index (Phi) is 7.63. The molecule has 0 aromatic heterocycles. The largest absolute Gasteiger partial charge is 0.493 e. The summed E-state index contributed by atoms with van der Waals surface area (Å²) >= 11 is 1.38. The lowest BCUT2D eigenvalue weighted by molar-refractivity contribution is -0.122. The summed E-state index contributed by atoms with van der Waals surface area (Å²) in [6.45, 7) is 4.79. The topological polar surface area (TPSA) is 60.4 Å². The fourth-order valence-corrected chi connectivity index (χ4v) is 4.20. The molecule has 0 saturated carbocycles. The third kappa shape index (κ3) is 5.22. The van der Waals surface area contributed by atoms with Crippen molar-refractivity contribution in [3.05, 3.63) is 52.4 Å². The number of carbonyl (C=O) groups excluding carboxylic acids is 1. The zero-order chi connectivity index (χ0) is 22.4. The van der Waals surface area contributed by atoms with E-state index in [1.54, 1.807) is 26.2 Å². The second-order valence-corrected chi connectivity index (χ2v) is 8.12. The number of ether oxygens (including phenoxy) is 3. The molecule has 0 N–H and O–H groups in total. The van der Waals surface area contributed by atoms with Crippen molar-refractivity contribution in [2.45, 2.75) is 26.7 Å². The van der Waals surface area contributed by atoms with Gasteiger partial charge < -0.3 is 14.2 Å². The van der Waals surface area contributed by atoms with Gasteiger partial charge in [-0.15, -0.1) is 0 Å². The summed E-state index contributed by atoms with van der Waals surface area (Å²) in [5, 5.41) is 0.695. The van der Waals surface area contributed by atoms with Gasteiger partial charge in [0, 0.05) is 6.54 Å². The van der Waals surface area contributed by atoms with Crippen molar-refractivity contribution in [1.29, 1.82) is 0 Å². The molecule has 1 fully saturated rings. The van der Waals surface area contributed by atoms with Crippen LogP contribution in [0.15, 0.2) is 46.3 Å². The zero-order valence-electron chi connectivity index (χ0n) is 18.6. The first-order valence-electron chi connectivity index (χ1n) is 10.2. The Balaban J connectivity index is 1.98. The van der Waals surface area contributed by atoms with Crippen molar-refractivity contribution in [2.75, 3.05) is 27.9 Å². The summed E-state index contributed by atoms with van der Waals surface area (Å²) in [4.78, 5) is 20.3. The number of nitrogens with zero attached hydrogens (tertiary/aromatic N) is 2. The van der Waals surface area contributed by atoms with E-state index in [0.29, 0.717) is 33.9 Å². The first-order valence-corrected chi connectivity index (χ1v) is 11.0. The van der Waals surface area contributed by atoms with Gasteiger partial charge >= 0.3 is 0 Å². The normalized spacial score (nSPS) is 16.3. The van der Waals surface area contributed by atoms with E-state index < -0.39 is 0 Å². The van der Waals surface area contributed by atoms with Gasteiger partial charge in [-0.2, -0.15) is 0 Å². The van der Waals surface area contributed by atoms with Crippen LogP contribution in [0.25, 0.3) is 6.08 Å². The van der Waals surface area contributed by atoms with E-state index >= 15 is 0 Å². The van der Waals surface area contributed by atoms with Crippen LogP contribution >= 0.6 is 11.8 Å². The molecular formula is C24H28N2O4S. The summed E-state index contributed by atoms with van der Waals surface area (Å²) < 4.78 is 16.3. The number of aryl methyl sites for hydroxylation is 1. The summed E-state index contributed by atoms with van der Waals surface area (Å²) in [6.07, 6.45) is 3.75. The number of amides is 1. The summed E-state index contributed by atoms with van der Waals surface area (Å²) in [7, 11) is 4.71. The molecule has 0 unspecified atom stereocenters. The highest BCUT2D eigenvalue weighted by Gasteiger charge is 2.33. The standard InChI is InChI=1S/C24H28N2O4S/c1-6-7-12-26-23(27)21(31-24(26)25-18-10-8-16(2)9-11-18)15-17-13-19(28-3)22(30-5)20(14-17)29-4/h8-11,13-15H,6-7,12H2,1-5H3/b21-15+,25-24?. The monoisotopic (exact) mass is 440 g/mol. The van der Waals surface area contributed by atoms with Crippen LogP contribution in [0.1, 0.15) is 30.9 Å². The maximum atomic E-state index is 13.2. The maximum absolute atomic E-state index is 13.2. The highest BCUT2D eigenvalue weighted by atomic mass is 32.2. The van der Waals surface area contributed by atoms with Crippen LogP contribution in [-0.4, -0.2) is 43.8 Å². The minimum atomic E-state index is -0.0435. The Morgan fingerprint density at radius 1 is 1.03 bits per heavy atom. The van der Waals surface area contributed by atoms with Crippen LogP contribution < -0.4 is 14.2 Å². The van der Waals surface area contributed by atoms with Crippen molar-refractivity contribution in [2.24, 2.45) is 4.99 Å². The minimum absolute atomic E-state index is 0.0435. The molecule has 1 amide bonds. The predicted molar refractivity (Wildman–Crippen MR) is 127 cm³/mol. The predicted octanol–water partition coefficient (Wildman–Crippen LogP) is 5.42. The minimum Gasteiger partial charge on any atom is -0.493 e. The van der Waals surface area contributed by atoms with E-state index in [4.69, 9.17) is 19.2 Å². The Labute approximate surface area is 187 Å². The van der Waals surface area contributed by atoms with E-state index in [9.17, 15) is 4.79 Å². The smallest absolute Gasteiger partial charge is 0.266 e. The van der Waals surface area contributed by atoms with Crippen LogP contribution in [0, 0.1) is 6.92 Å². The molecule has 6 nitrogen and oxygen atoms in total. The van der Waals surface area contributed by atoms with Gasteiger partial charge in [0.2, 0.25) is 5.75 Å². The highest BCUT2D eigenvalue weighted by molar-refractivity contribution is 8.18. The van der Waals surface area contributed by atoms with Crippen LogP contribution in [0.2, 0.25) is 0 Å². The van der Waals surface area contributed by atoms with Crippen LogP contribution in [0.3, 0.4) is 0 Å². The molecule has 2 aromatic rings. The molecular weight excluding hydrogens is 412 g/mol. The van der Waals surface area contributed by atoms with Gasteiger partial charge in [-0.3, -0.25) is 9.69 Å². The number of benzene rings is 2. The third-order valence-electron chi connectivity index (χ3n) is 4.87. The van der Waals surface area contributed by atoms with Crippen LogP contribution in [0.5, 0.6) is 17.2 Å². The third-order valence-corrected chi connectivity index (χ3v) is 5.87. The SMILES string of the molecule is CCCCN1C(=O)/C(=C\c2cc(OC)c(OC)c(OC)c2)SC1=Nc1ccc(C)cc1. The van der Waals surface area contributed by atoms with E-state index in [-0.39, 0.29) is 5.91 Å². The molecule has 0 radical (unpaired) electrons. The lowest BCUT2D eigenvalue weighted by Gasteiger charge is -2.15. The quantitative estimate of drug-likeness (QED) is 0.513. The molecule has 1 aliphatic heterocycles. The summed E-state index contributed by atoms with van der Waals surface area (Å²) in [5.41, 5.74) is 2.79. The van der Waals surface area contributed by atoms with Crippen molar-refractivity contribution >= 4 is 34.6 Å². The molecule has 31 heavy (non-hydrogen) atoms. The first kappa shape index (κ1) is 22.7. The molecule has 164 valence electrons. The van der Waals surface area contributed by atoms with Gasteiger partial charge in [-0.1, -0.05) is 31.0 Å². The second-order valence-electron chi connectivity index (χ2n) is 7.11. The number of thioether (sulfide) groups is 1. The number of aliphatic imine (C=N–C) groups is 1. The molecule has 0 bridgehead atoms. The lowest BCUT2D eigenvalue weighted by atomic mass is 10.1. The molecule has 0 atom stereocenters. The number of amidine groups is 1. The molecule has 3 rings (SSSR count). The maximum Gasteiger partial charge on any atom is 0.266 e. The van der Waals surface area contributed by atoms with Gasteiger partial charge in [0.25, 0.3) is 5.91 Å². The van der Waals surface area contributed by atoms with Gasteiger partial charge in [-0.25, -0.2) is 4.99 Å². The van der Waals surface area contributed by atoms with Crippen molar-refractivity contribution in [3.8, 4) is 17.2 Å². The van der Waals surface area contributed by atoms with E-state index in [2.05, 4.69) is 6.92 Å². The van der Waals surface area contributed by atoms with Crippen LogP contribution in [0.4, 0.5) is 5.69 Å². The van der Waals surface area contributed by atoms with Crippen LogP contribution in [-0.2, 0) is 4.79 Å². The van der Waals surface area contributed by atoms with E-state index in [1.165, 1.54) is 17.3 Å². The van der Waals surface area contributed by atoms with Gasteiger partial charge in [0.05, 0.1) is 31.9 Å². The Hall–Kier alpha value is -2.93.